The first kappa shape index (κ1) is 11.9. The molecule has 1 aromatic carbocycles. The summed E-state index contributed by atoms with van der Waals surface area (Å²) in [7, 11) is 0. The fourth-order valence-electron chi connectivity index (χ4n) is 2.31. The van der Waals surface area contributed by atoms with Crippen molar-refractivity contribution in [3.05, 3.63) is 34.9 Å². The third-order valence-corrected chi connectivity index (χ3v) is 3.83. The summed E-state index contributed by atoms with van der Waals surface area (Å²) in [4.78, 5) is 0. The maximum atomic E-state index is 6.06. The highest BCUT2D eigenvalue weighted by Crippen LogP contribution is 2.46. The molecule has 1 N–H and O–H groups in total. The number of halogens is 1. The molecule has 1 aliphatic rings. The van der Waals surface area contributed by atoms with Gasteiger partial charge in [-0.2, -0.15) is 0 Å². The van der Waals surface area contributed by atoms with E-state index in [-0.39, 0.29) is 5.54 Å². The van der Waals surface area contributed by atoms with Gasteiger partial charge in [-0.3, -0.25) is 0 Å². The van der Waals surface area contributed by atoms with Gasteiger partial charge >= 0.3 is 0 Å². The number of nitrogens with one attached hydrogen (secondary N) is 1. The molecule has 2 heteroatoms. The van der Waals surface area contributed by atoms with Crippen LogP contribution >= 0.6 is 11.6 Å². The van der Waals surface area contributed by atoms with Crippen molar-refractivity contribution < 1.29 is 0 Å². The minimum absolute atomic E-state index is 0.224. The summed E-state index contributed by atoms with van der Waals surface area (Å²) in [5, 5.41) is 4.63. The molecule has 0 bridgehead atoms. The molecule has 0 aromatic heterocycles. The first-order valence-electron chi connectivity index (χ1n) is 6.24. The lowest BCUT2D eigenvalue weighted by molar-refractivity contribution is 0.400. The molecule has 1 nitrogen and oxygen atoms in total. The molecule has 1 fully saturated rings. The molecule has 88 valence electrons. The summed E-state index contributed by atoms with van der Waals surface area (Å²) in [6.07, 6.45) is 4.87. The highest BCUT2D eigenvalue weighted by atomic mass is 35.5. The highest BCUT2D eigenvalue weighted by molar-refractivity contribution is 6.30. The summed E-state index contributed by atoms with van der Waals surface area (Å²) in [6.45, 7) is 4.49. The quantitative estimate of drug-likeness (QED) is 0.813. The largest absolute Gasteiger partial charge is 0.305 e. The van der Waals surface area contributed by atoms with Gasteiger partial charge in [-0.25, -0.2) is 0 Å². The van der Waals surface area contributed by atoms with E-state index >= 15 is 0 Å². The number of benzene rings is 1. The SMILES string of the molecule is CCC(CC)NC1(c2cccc(Cl)c2)CC1. The van der Waals surface area contributed by atoms with Crippen molar-refractivity contribution in [3.8, 4) is 0 Å². The van der Waals surface area contributed by atoms with Crippen LogP contribution in [-0.2, 0) is 5.54 Å². The van der Waals surface area contributed by atoms with Crippen LogP contribution in [0.3, 0.4) is 0 Å². The van der Waals surface area contributed by atoms with E-state index in [4.69, 9.17) is 11.6 Å². The molecule has 1 aliphatic carbocycles. The van der Waals surface area contributed by atoms with Gasteiger partial charge in [0.25, 0.3) is 0 Å². The van der Waals surface area contributed by atoms with Crippen LogP contribution in [-0.4, -0.2) is 6.04 Å². The van der Waals surface area contributed by atoms with E-state index in [1.54, 1.807) is 0 Å². The van der Waals surface area contributed by atoms with Gasteiger partial charge in [0, 0.05) is 16.6 Å². The topological polar surface area (TPSA) is 12.0 Å². The predicted molar refractivity (Wildman–Crippen MR) is 69.9 cm³/mol. The molecule has 0 spiro atoms. The fraction of sp³-hybridized carbons (Fsp3) is 0.571. The van der Waals surface area contributed by atoms with Crippen LogP contribution < -0.4 is 5.32 Å². The van der Waals surface area contributed by atoms with Crippen LogP contribution in [0.4, 0.5) is 0 Å². The van der Waals surface area contributed by atoms with Crippen molar-refractivity contribution in [2.75, 3.05) is 0 Å². The van der Waals surface area contributed by atoms with Crippen LogP contribution in [0.5, 0.6) is 0 Å². The lowest BCUT2D eigenvalue weighted by atomic mass is 10.0. The second-order valence-electron chi connectivity index (χ2n) is 4.75. The Labute approximate surface area is 103 Å². The van der Waals surface area contributed by atoms with Crippen molar-refractivity contribution in [2.24, 2.45) is 0 Å². The Morgan fingerprint density at radius 2 is 2.00 bits per heavy atom. The second kappa shape index (κ2) is 4.77. The molecule has 1 aromatic rings. The lowest BCUT2D eigenvalue weighted by Crippen LogP contribution is -2.37. The van der Waals surface area contributed by atoms with Crippen molar-refractivity contribution in [1.29, 1.82) is 0 Å². The summed E-state index contributed by atoms with van der Waals surface area (Å²) < 4.78 is 0. The van der Waals surface area contributed by atoms with Crippen LogP contribution in [0.25, 0.3) is 0 Å². The third-order valence-electron chi connectivity index (χ3n) is 3.59. The van der Waals surface area contributed by atoms with E-state index in [0.717, 1.165) is 5.02 Å². The standard InChI is InChI=1S/C14H20ClN/c1-3-13(4-2)16-14(8-9-14)11-6-5-7-12(15)10-11/h5-7,10,13,16H,3-4,8-9H2,1-2H3. The van der Waals surface area contributed by atoms with E-state index in [9.17, 15) is 0 Å². The summed E-state index contributed by atoms with van der Waals surface area (Å²) in [5.74, 6) is 0. The minimum atomic E-state index is 0.224. The molecule has 16 heavy (non-hydrogen) atoms. The predicted octanol–water partition coefficient (Wildman–Crippen LogP) is 4.11. The highest BCUT2D eigenvalue weighted by Gasteiger charge is 2.44. The Balaban J connectivity index is 2.13. The molecule has 0 amide bonds. The molecule has 0 saturated heterocycles. The molecular weight excluding hydrogens is 218 g/mol. The zero-order chi connectivity index (χ0) is 11.6. The van der Waals surface area contributed by atoms with Gasteiger partial charge in [-0.05, 0) is 43.4 Å². The van der Waals surface area contributed by atoms with Gasteiger partial charge in [0.05, 0.1) is 0 Å². The van der Waals surface area contributed by atoms with E-state index in [1.807, 2.05) is 12.1 Å². The summed E-state index contributed by atoms with van der Waals surface area (Å²) >= 11 is 6.06. The normalized spacial score (nSPS) is 17.8. The Hall–Kier alpha value is -0.530. The third kappa shape index (κ3) is 2.41. The molecule has 0 aliphatic heterocycles. The Morgan fingerprint density at radius 1 is 1.31 bits per heavy atom. The first-order chi connectivity index (χ1) is 7.70. The van der Waals surface area contributed by atoms with Crippen molar-refractivity contribution in [3.63, 3.8) is 0 Å². The average molecular weight is 238 g/mol. The van der Waals surface area contributed by atoms with Crippen molar-refractivity contribution >= 4 is 11.6 Å². The maximum Gasteiger partial charge on any atom is 0.0438 e. The van der Waals surface area contributed by atoms with Crippen molar-refractivity contribution in [2.45, 2.75) is 51.1 Å². The minimum Gasteiger partial charge on any atom is -0.305 e. The molecular formula is C14H20ClN. The number of hydrogen-bond acceptors (Lipinski definition) is 1. The Kier molecular flexibility index (Phi) is 3.56. The molecule has 0 radical (unpaired) electrons. The molecule has 0 unspecified atom stereocenters. The average Bonchev–Trinajstić information content (AvgIpc) is 3.07. The van der Waals surface area contributed by atoms with Gasteiger partial charge < -0.3 is 5.32 Å². The van der Waals surface area contributed by atoms with Crippen LogP contribution in [0.15, 0.2) is 24.3 Å². The summed E-state index contributed by atoms with van der Waals surface area (Å²) in [6, 6.07) is 8.91. The second-order valence-corrected chi connectivity index (χ2v) is 5.19. The maximum absolute atomic E-state index is 6.06. The zero-order valence-electron chi connectivity index (χ0n) is 10.1. The Bertz CT molecular complexity index is 354. The summed E-state index contributed by atoms with van der Waals surface area (Å²) in [5.41, 5.74) is 1.58. The van der Waals surface area contributed by atoms with Gasteiger partial charge in [-0.15, -0.1) is 0 Å². The molecule has 0 atom stereocenters. The van der Waals surface area contributed by atoms with Crippen LogP contribution in [0, 0.1) is 0 Å². The smallest absolute Gasteiger partial charge is 0.0438 e. The van der Waals surface area contributed by atoms with E-state index in [1.165, 1.54) is 31.2 Å². The van der Waals surface area contributed by atoms with Gasteiger partial charge in [0.1, 0.15) is 0 Å². The van der Waals surface area contributed by atoms with Gasteiger partial charge in [-0.1, -0.05) is 37.6 Å². The molecule has 1 saturated carbocycles. The monoisotopic (exact) mass is 237 g/mol. The van der Waals surface area contributed by atoms with E-state index in [2.05, 4.69) is 31.3 Å². The Morgan fingerprint density at radius 3 is 2.50 bits per heavy atom. The van der Waals surface area contributed by atoms with Crippen molar-refractivity contribution in [1.82, 2.24) is 5.32 Å². The zero-order valence-corrected chi connectivity index (χ0v) is 10.8. The van der Waals surface area contributed by atoms with Crippen LogP contribution in [0.1, 0.15) is 45.1 Å². The van der Waals surface area contributed by atoms with Gasteiger partial charge in [0.15, 0.2) is 0 Å². The van der Waals surface area contributed by atoms with E-state index in [0.29, 0.717) is 6.04 Å². The molecule has 2 rings (SSSR count). The van der Waals surface area contributed by atoms with Crippen LogP contribution in [0.2, 0.25) is 5.02 Å². The first-order valence-corrected chi connectivity index (χ1v) is 6.61. The molecule has 0 heterocycles. The lowest BCUT2D eigenvalue weighted by Gasteiger charge is -2.24. The van der Waals surface area contributed by atoms with E-state index < -0.39 is 0 Å². The number of hydrogen-bond donors (Lipinski definition) is 1. The fourth-order valence-corrected chi connectivity index (χ4v) is 2.50. The van der Waals surface area contributed by atoms with Gasteiger partial charge in [0.2, 0.25) is 0 Å². The number of rotatable bonds is 5.